The zero-order valence-corrected chi connectivity index (χ0v) is 15.0. The third kappa shape index (κ3) is 3.74. The number of hydrogen-bond donors (Lipinski definition) is 1. The highest BCUT2D eigenvalue weighted by molar-refractivity contribution is 7.22. The molecule has 0 fully saturated rings. The summed E-state index contributed by atoms with van der Waals surface area (Å²) in [7, 11) is 0. The number of rotatable bonds is 5. The van der Waals surface area contributed by atoms with E-state index in [1.807, 2.05) is 0 Å². The van der Waals surface area contributed by atoms with Gasteiger partial charge in [0.05, 0.1) is 16.5 Å². The van der Waals surface area contributed by atoms with Crippen molar-refractivity contribution in [2.45, 2.75) is 12.8 Å². The SMILES string of the molecule is O=C(CCc1ncc(-c2ccccc2F)o1)Nc1nc2c(F)cc(F)cc2s1. The van der Waals surface area contributed by atoms with E-state index in [-0.39, 0.29) is 46.6 Å². The Hall–Kier alpha value is -3.20. The molecule has 0 aliphatic rings. The Morgan fingerprint density at radius 3 is 2.79 bits per heavy atom. The second-order valence-corrected chi connectivity index (χ2v) is 6.93. The summed E-state index contributed by atoms with van der Waals surface area (Å²) in [6.45, 7) is 0. The molecule has 0 saturated carbocycles. The van der Waals surface area contributed by atoms with Gasteiger partial charge in [-0.25, -0.2) is 23.1 Å². The van der Waals surface area contributed by atoms with E-state index in [1.165, 1.54) is 12.3 Å². The van der Waals surface area contributed by atoms with E-state index in [0.717, 1.165) is 23.5 Å². The lowest BCUT2D eigenvalue weighted by Gasteiger charge is -2.00. The van der Waals surface area contributed by atoms with E-state index >= 15 is 0 Å². The van der Waals surface area contributed by atoms with Crippen LogP contribution in [0.25, 0.3) is 21.5 Å². The first-order valence-corrected chi connectivity index (χ1v) is 9.06. The fourth-order valence-electron chi connectivity index (χ4n) is 2.62. The maximum atomic E-state index is 13.8. The van der Waals surface area contributed by atoms with E-state index in [0.29, 0.717) is 4.70 Å². The molecule has 0 saturated heterocycles. The van der Waals surface area contributed by atoms with Gasteiger partial charge >= 0.3 is 0 Å². The Morgan fingerprint density at radius 2 is 1.96 bits per heavy atom. The predicted molar refractivity (Wildman–Crippen MR) is 98.4 cm³/mol. The van der Waals surface area contributed by atoms with Crippen molar-refractivity contribution >= 4 is 32.6 Å². The molecule has 4 rings (SSSR count). The number of aromatic nitrogens is 2. The molecule has 5 nitrogen and oxygen atoms in total. The lowest BCUT2D eigenvalue weighted by Crippen LogP contribution is -2.12. The van der Waals surface area contributed by atoms with Crippen LogP contribution in [0, 0.1) is 17.5 Å². The van der Waals surface area contributed by atoms with Crippen LogP contribution in [0.4, 0.5) is 18.3 Å². The molecule has 0 aliphatic carbocycles. The van der Waals surface area contributed by atoms with Crippen LogP contribution in [0.15, 0.2) is 47.0 Å². The van der Waals surface area contributed by atoms with Crippen LogP contribution in [0.2, 0.25) is 0 Å². The summed E-state index contributed by atoms with van der Waals surface area (Å²) in [5, 5.41) is 2.72. The molecule has 0 spiro atoms. The lowest BCUT2D eigenvalue weighted by atomic mass is 10.2. The van der Waals surface area contributed by atoms with E-state index < -0.39 is 17.5 Å². The van der Waals surface area contributed by atoms with Crippen molar-refractivity contribution in [1.82, 2.24) is 9.97 Å². The largest absolute Gasteiger partial charge is 0.441 e. The first kappa shape index (κ1) is 18.2. The van der Waals surface area contributed by atoms with Gasteiger partial charge in [0.15, 0.2) is 22.6 Å². The van der Waals surface area contributed by atoms with Crippen molar-refractivity contribution in [1.29, 1.82) is 0 Å². The number of hydrogen-bond acceptors (Lipinski definition) is 5. The summed E-state index contributed by atoms with van der Waals surface area (Å²) in [5.74, 6) is -1.75. The molecule has 0 aliphatic heterocycles. The summed E-state index contributed by atoms with van der Waals surface area (Å²) >= 11 is 0.975. The monoisotopic (exact) mass is 403 g/mol. The standard InChI is InChI=1S/C19H12F3N3O2S/c20-10-7-13(22)18-15(8-10)28-19(25-18)24-16(26)5-6-17-23-9-14(27-17)11-3-1-2-4-12(11)21/h1-4,7-9H,5-6H2,(H,24,25,26). The van der Waals surface area contributed by atoms with Crippen LogP contribution in [-0.4, -0.2) is 15.9 Å². The van der Waals surface area contributed by atoms with Crippen LogP contribution >= 0.6 is 11.3 Å². The Labute approximate surface area is 160 Å². The number of carbonyl (C=O) groups excluding carboxylic acids is 1. The molecular weight excluding hydrogens is 391 g/mol. The fraction of sp³-hybridized carbons (Fsp3) is 0.105. The summed E-state index contributed by atoms with van der Waals surface area (Å²) in [6, 6.07) is 8.04. The van der Waals surface area contributed by atoms with E-state index in [9.17, 15) is 18.0 Å². The van der Waals surface area contributed by atoms with Crippen molar-refractivity contribution in [3.63, 3.8) is 0 Å². The summed E-state index contributed by atoms with van der Waals surface area (Å²) in [5.41, 5.74) is 0.290. The summed E-state index contributed by atoms with van der Waals surface area (Å²) in [6.07, 6.45) is 1.62. The molecule has 142 valence electrons. The van der Waals surface area contributed by atoms with Crippen LogP contribution in [-0.2, 0) is 11.2 Å². The number of fused-ring (bicyclic) bond motifs is 1. The molecule has 0 radical (unpaired) electrons. The third-order valence-electron chi connectivity index (χ3n) is 3.92. The van der Waals surface area contributed by atoms with Crippen molar-refractivity contribution < 1.29 is 22.4 Å². The highest BCUT2D eigenvalue weighted by Gasteiger charge is 2.14. The van der Waals surface area contributed by atoms with Gasteiger partial charge in [-0.3, -0.25) is 4.79 Å². The zero-order chi connectivity index (χ0) is 19.7. The lowest BCUT2D eigenvalue weighted by molar-refractivity contribution is -0.116. The van der Waals surface area contributed by atoms with Crippen molar-refractivity contribution in [3.05, 3.63) is 65.9 Å². The molecule has 0 unspecified atom stereocenters. The molecule has 0 atom stereocenters. The van der Waals surface area contributed by atoms with E-state index in [1.54, 1.807) is 18.2 Å². The second-order valence-electron chi connectivity index (χ2n) is 5.90. The van der Waals surface area contributed by atoms with Gasteiger partial charge in [-0.05, 0) is 18.2 Å². The van der Waals surface area contributed by atoms with Gasteiger partial charge in [-0.2, -0.15) is 0 Å². The van der Waals surface area contributed by atoms with Crippen LogP contribution < -0.4 is 5.32 Å². The van der Waals surface area contributed by atoms with Crippen molar-refractivity contribution in [3.8, 4) is 11.3 Å². The molecule has 4 aromatic rings. The van der Waals surface area contributed by atoms with Gasteiger partial charge in [-0.15, -0.1) is 0 Å². The quantitative estimate of drug-likeness (QED) is 0.513. The molecule has 2 aromatic heterocycles. The normalized spacial score (nSPS) is 11.1. The second kappa shape index (κ2) is 7.43. The maximum Gasteiger partial charge on any atom is 0.226 e. The third-order valence-corrected chi connectivity index (χ3v) is 4.84. The van der Waals surface area contributed by atoms with Gasteiger partial charge in [0.25, 0.3) is 0 Å². The smallest absolute Gasteiger partial charge is 0.226 e. The minimum absolute atomic E-state index is 0.00364. The van der Waals surface area contributed by atoms with Crippen LogP contribution in [0.1, 0.15) is 12.3 Å². The number of anilines is 1. The number of nitrogens with one attached hydrogen (secondary N) is 1. The number of benzene rings is 2. The highest BCUT2D eigenvalue weighted by atomic mass is 32.1. The molecule has 1 amide bonds. The van der Waals surface area contributed by atoms with Gasteiger partial charge in [0, 0.05) is 18.9 Å². The van der Waals surface area contributed by atoms with E-state index in [4.69, 9.17) is 4.42 Å². The van der Waals surface area contributed by atoms with Crippen molar-refractivity contribution in [2.24, 2.45) is 0 Å². The number of carbonyl (C=O) groups is 1. The molecule has 28 heavy (non-hydrogen) atoms. The van der Waals surface area contributed by atoms with Crippen molar-refractivity contribution in [2.75, 3.05) is 5.32 Å². The van der Waals surface area contributed by atoms with Gasteiger partial charge in [0.2, 0.25) is 5.91 Å². The average Bonchev–Trinajstić information content (AvgIpc) is 3.27. The summed E-state index contributed by atoms with van der Waals surface area (Å²) < 4.78 is 46.5. The molecule has 2 heterocycles. The number of thiazole rings is 1. The Kier molecular flexibility index (Phi) is 4.82. The molecule has 2 aromatic carbocycles. The number of aryl methyl sites for hydroxylation is 1. The van der Waals surface area contributed by atoms with Crippen LogP contribution in [0.5, 0.6) is 0 Å². The highest BCUT2D eigenvalue weighted by Crippen LogP contribution is 2.29. The van der Waals surface area contributed by atoms with E-state index in [2.05, 4.69) is 15.3 Å². The van der Waals surface area contributed by atoms with Gasteiger partial charge in [0.1, 0.15) is 17.2 Å². The minimum Gasteiger partial charge on any atom is -0.441 e. The number of halogens is 3. The first-order chi connectivity index (χ1) is 13.5. The number of nitrogens with zero attached hydrogens (tertiary/aromatic N) is 2. The summed E-state index contributed by atoms with van der Waals surface area (Å²) in [4.78, 5) is 20.1. The first-order valence-electron chi connectivity index (χ1n) is 8.24. The molecule has 9 heteroatoms. The molecule has 0 bridgehead atoms. The topological polar surface area (TPSA) is 68.0 Å². The number of amides is 1. The Morgan fingerprint density at radius 1 is 1.14 bits per heavy atom. The number of oxazole rings is 1. The van der Waals surface area contributed by atoms with Crippen LogP contribution in [0.3, 0.4) is 0 Å². The fourth-order valence-corrected chi connectivity index (χ4v) is 3.55. The maximum absolute atomic E-state index is 13.8. The molecule has 1 N–H and O–H groups in total. The minimum atomic E-state index is -0.785. The van der Waals surface area contributed by atoms with Gasteiger partial charge < -0.3 is 9.73 Å². The van der Waals surface area contributed by atoms with Gasteiger partial charge in [-0.1, -0.05) is 23.5 Å². The predicted octanol–water partition coefficient (Wildman–Crippen LogP) is 4.94. The Bertz CT molecular complexity index is 1170. The molecular formula is C19H12F3N3O2S. The Balaban J connectivity index is 1.40. The zero-order valence-electron chi connectivity index (χ0n) is 14.2. The average molecular weight is 403 g/mol.